The van der Waals surface area contributed by atoms with Crippen LogP contribution in [0.15, 0.2) is 54.9 Å². The highest BCUT2D eigenvalue weighted by Gasteiger charge is 2.25. The van der Waals surface area contributed by atoms with Gasteiger partial charge in [0.25, 0.3) is 0 Å². The molecule has 3 N–H and O–H groups in total. The predicted octanol–water partition coefficient (Wildman–Crippen LogP) is 3.31. The Morgan fingerprint density at radius 2 is 1.60 bits per heavy atom. The van der Waals surface area contributed by atoms with E-state index in [1.54, 1.807) is 43.7 Å². The van der Waals surface area contributed by atoms with Crippen LogP contribution in [0.2, 0.25) is 0 Å². The first-order chi connectivity index (χ1) is 12.2. The molecule has 2 aromatic heterocycles. The molecule has 0 atom stereocenters. The van der Waals surface area contributed by atoms with Crippen LogP contribution >= 0.6 is 0 Å². The number of pyridine rings is 1. The number of anilines is 5. The third-order valence-electron chi connectivity index (χ3n) is 3.25. The zero-order valence-electron chi connectivity index (χ0n) is 13.3. The molecule has 3 rings (SSSR count). The molecular weight excluding hydrogens is 322 g/mol. The topological polar surface area (TPSA) is 118 Å². The van der Waals surface area contributed by atoms with Gasteiger partial charge in [-0.2, -0.15) is 9.97 Å². The molecule has 1 aromatic carbocycles. The standard InChI is InChI=1S/C16H15N7O2/c1-17-16-21-14(19-11-6-3-2-4-7-11)13(23(24)25)15(22-16)20-12-8-5-9-18-10-12/h2-10H,1H3,(H3,17,19,20,21,22). The second-order valence-corrected chi connectivity index (χ2v) is 4.96. The van der Waals surface area contributed by atoms with Crippen LogP contribution in [-0.4, -0.2) is 26.9 Å². The second kappa shape index (κ2) is 7.21. The monoisotopic (exact) mass is 337 g/mol. The zero-order chi connectivity index (χ0) is 17.6. The number of aromatic nitrogens is 3. The lowest BCUT2D eigenvalue weighted by Gasteiger charge is -2.12. The lowest BCUT2D eigenvalue weighted by atomic mass is 10.3. The number of nitrogens with zero attached hydrogens (tertiary/aromatic N) is 4. The number of benzene rings is 1. The van der Waals surface area contributed by atoms with E-state index in [1.165, 1.54) is 0 Å². The summed E-state index contributed by atoms with van der Waals surface area (Å²) in [7, 11) is 1.64. The van der Waals surface area contributed by atoms with Crippen LogP contribution in [-0.2, 0) is 0 Å². The Bertz CT molecular complexity index is 810. The molecule has 0 aliphatic heterocycles. The highest BCUT2D eigenvalue weighted by Crippen LogP contribution is 2.34. The Morgan fingerprint density at radius 3 is 2.16 bits per heavy atom. The fourth-order valence-corrected chi connectivity index (χ4v) is 2.15. The Morgan fingerprint density at radius 1 is 0.960 bits per heavy atom. The van der Waals surface area contributed by atoms with Crippen molar-refractivity contribution in [3.63, 3.8) is 0 Å². The van der Waals surface area contributed by atoms with E-state index in [9.17, 15) is 10.1 Å². The van der Waals surface area contributed by atoms with Crippen molar-refractivity contribution in [2.75, 3.05) is 23.0 Å². The van der Waals surface area contributed by atoms with Crippen molar-refractivity contribution in [3.05, 3.63) is 65.0 Å². The minimum atomic E-state index is -0.524. The molecule has 25 heavy (non-hydrogen) atoms. The largest absolute Gasteiger partial charge is 0.357 e. The SMILES string of the molecule is CNc1nc(Nc2ccccc2)c([N+](=O)[O-])c(Nc2cccnc2)n1. The van der Waals surface area contributed by atoms with E-state index in [1.807, 2.05) is 18.2 Å². The molecule has 0 radical (unpaired) electrons. The van der Waals surface area contributed by atoms with E-state index in [2.05, 4.69) is 30.9 Å². The molecule has 0 saturated carbocycles. The highest BCUT2D eigenvalue weighted by molar-refractivity contribution is 5.78. The second-order valence-electron chi connectivity index (χ2n) is 4.96. The first-order valence-electron chi connectivity index (χ1n) is 7.40. The van der Waals surface area contributed by atoms with Crippen molar-refractivity contribution in [2.24, 2.45) is 0 Å². The third kappa shape index (κ3) is 3.78. The average molecular weight is 337 g/mol. The van der Waals surface area contributed by atoms with Crippen LogP contribution in [0.1, 0.15) is 0 Å². The quantitative estimate of drug-likeness (QED) is 0.463. The Labute approximate surface area is 143 Å². The van der Waals surface area contributed by atoms with Gasteiger partial charge in [0.2, 0.25) is 17.6 Å². The van der Waals surface area contributed by atoms with E-state index in [4.69, 9.17) is 0 Å². The summed E-state index contributed by atoms with van der Waals surface area (Å²) in [6, 6.07) is 12.5. The van der Waals surface area contributed by atoms with Gasteiger partial charge in [0.1, 0.15) is 0 Å². The van der Waals surface area contributed by atoms with Crippen molar-refractivity contribution >= 4 is 34.6 Å². The lowest BCUT2D eigenvalue weighted by Crippen LogP contribution is -2.09. The fourth-order valence-electron chi connectivity index (χ4n) is 2.15. The molecule has 3 aromatic rings. The van der Waals surface area contributed by atoms with Crippen LogP contribution in [0.25, 0.3) is 0 Å². The molecule has 2 heterocycles. The minimum absolute atomic E-state index is 0.0655. The molecule has 9 nitrogen and oxygen atoms in total. The number of hydrogen-bond acceptors (Lipinski definition) is 8. The molecule has 0 saturated heterocycles. The summed E-state index contributed by atoms with van der Waals surface area (Å²) in [5.41, 5.74) is 1.00. The molecule has 0 fully saturated rings. The molecule has 0 aliphatic carbocycles. The third-order valence-corrected chi connectivity index (χ3v) is 3.25. The van der Waals surface area contributed by atoms with Gasteiger partial charge in [-0.3, -0.25) is 15.1 Å². The maximum Gasteiger partial charge on any atom is 0.354 e. The molecule has 0 unspecified atom stereocenters. The smallest absolute Gasteiger partial charge is 0.354 e. The van der Waals surface area contributed by atoms with Crippen LogP contribution in [0, 0.1) is 10.1 Å². The van der Waals surface area contributed by atoms with Crippen LogP contribution in [0.4, 0.5) is 34.6 Å². The van der Waals surface area contributed by atoms with E-state index in [-0.39, 0.29) is 23.3 Å². The van der Waals surface area contributed by atoms with Gasteiger partial charge in [0.05, 0.1) is 16.8 Å². The van der Waals surface area contributed by atoms with Gasteiger partial charge in [-0.25, -0.2) is 0 Å². The highest BCUT2D eigenvalue weighted by atomic mass is 16.6. The van der Waals surface area contributed by atoms with Gasteiger partial charge >= 0.3 is 5.69 Å². The Kier molecular flexibility index (Phi) is 4.65. The van der Waals surface area contributed by atoms with Crippen LogP contribution < -0.4 is 16.0 Å². The summed E-state index contributed by atoms with van der Waals surface area (Å²) in [5.74, 6) is 0.396. The number of rotatable bonds is 6. The van der Waals surface area contributed by atoms with Crippen molar-refractivity contribution in [1.29, 1.82) is 0 Å². The van der Waals surface area contributed by atoms with Gasteiger partial charge in [0.15, 0.2) is 0 Å². The summed E-state index contributed by atoms with van der Waals surface area (Å²) >= 11 is 0. The fraction of sp³-hybridized carbons (Fsp3) is 0.0625. The van der Waals surface area contributed by atoms with Crippen molar-refractivity contribution in [1.82, 2.24) is 15.0 Å². The van der Waals surface area contributed by atoms with Crippen molar-refractivity contribution in [2.45, 2.75) is 0 Å². The predicted molar refractivity (Wildman–Crippen MR) is 95.5 cm³/mol. The van der Waals surface area contributed by atoms with Gasteiger partial charge < -0.3 is 16.0 Å². The van der Waals surface area contributed by atoms with E-state index in [0.29, 0.717) is 11.4 Å². The average Bonchev–Trinajstić information content (AvgIpc) is 2.63. The molecule has 0 bridgehead atoms. The number of nitro groups is 1. The first-order valence-corrected chi connectivity index (χ1v) is 7.40. The van der Waals surface area contributed by atoms with Gasteiger partial charge in [-0.1, -0.05) is 18.2 Å². The Hall–Kier alpha value is -3.75. The number of nitrogens with one attached hydrogen (secondary N) is 3. The number of para-hydroxylation sites is 1. The normalized spacial score (nSPS) is 10.1. The molecule has 0 aliphatic rings. The zero-order valence-corrected chi connectivity index (χ0v) is 13.3. The van der Waals surface area contributed by atoms with E-state index in [0.717, 1.165) is 0 Å². The molecule has 126 valence electrons. The van der Waals surface area contributed by atoms with Gasteiger partial charge in [-0.05, 0) is 24.3 Å². The van der Waals surface area contributed by atoms with Gasteiger partial charge in [-0.15, -0.1) is 0 Å². The maximum atomic E-state index is 11.6. The molecule has 0 amide bonds. The molecule has 0 spiro atoms. The summed E-state index contributed by atoms with van der Waals surface area (Å²) in [6.45, 7) is 0. The van der Waals surface area contributed by atoms with Crippen molar-refractivity contribution in [3.8, 4) is 0 Å². The maximum absolute atomic E-state index is 11.6. The Balaban J connectivity index is 2.07. The lowest BCUT2D eigenvalue weighted by molar-refractivity contribution is -0.383. The van der Waals surface area contributed by atoms with E-state index >= 15 is 0 Å². The number of hydrogen-bond donors (Lipinski definition) is 3. The minimum Gasteiger partial charge on any atom is -0.357 e. The summed E-state index contributed by atoms with van der Waals surface area (Å²) in [5, 5.41) is 20.3. The first kappa shape index (κ1) is 16.1. The van der Waals surface area contributed by atoms with E-state index < -0.39 is 4.92 Å². The van der Waals surface area contributed by atoms with Crippen LogP contribution in [0.3, 0.4) is 0 Å². The van der Waals surface area contributed by atoms with Crippen molar-refractivity contribution < 1.29 is 4.92 Å². The van der Waals surface area contributed by atoms with Gasteiger partial charge in [0, 0.05) is 18.9 Å². The molecule has 9 heteroatoms. The summed E-state index contributed by atoms with van der Waals surface area (Å²) in [6.07, 6.45) is 3.16. The summed E-state index contributed by atoms with van der Waals surface area (Å²) in [4.78, 5) is 23.4. The van der Waals surface area contributed by atoms with Crippen LogP contribution in [0.5, 0.6) is 0 Å². The molecular formula is C16H15N7O2. The summed E-state index contributed by atoms with van der Waals surface area (Å²) < 4.78 is 0.